The van der Waals surface area contributed by atoms with Crippen LogP contribution in [0.25, 0.3) is 0 Å². The summed E-state index contributed by atoms with van der Waals surface area (Å²) in [5.74, 6) is -0.378. The monoisotopic (exact) mass is 392 g/mol. The van der Waals surface area contributed by atoms with Crippen molar-refractivity contribution in [2.75, 3.05) is 11.1 Å². The standard InChI is InChI=1S/C12H8Br2ClFN2/c13-7-4-10(17)12(5-9(7)16)18-11-2-1-6(15)3-8(11)14/h1-5,18H,17H2. The van der Waals surface area contributed by atoms with Crippen LogP contribution in [0.3, 0.4) is 0 Å². The highest BCUT2D eigenvalue weighted by Crippen LogP contribution is 2.33. The predicted octanol–water partition coefficient (Wildman–Crippen LogP) is 5.33. The molecule has 2 nitrogen and oxygen atoms in total. The molecule has 0 spiro atoms. The Morgan fingerprint density at radius 3 is 2.44 bits per heavy atom. The molecule has 0 atom stereocenters. The van der Waals surface area contributed by atoms with Crippen molar-refractivity contribution in [2.24, 2.45) is 0 Å². The van der Waals surface area contributed by atoms with Crippen LogP contribution in [0.2, 0.25) is 5.02 Å². The van der Waals surface area contributed by atoms with E-state index in [1.54, 1.807) is 18.2 Å². The number of hydrogen-bond donors (Lipinski definition) is 2. The third kappa shape index (κ3) is 2.96. The van der Waals surface area contributed by atoms with Crippen molar-refractivity contribution in [3.8, 4) is 0 Å². The van der Waals surface area contributed by atoms with Gasteiger partial charge < -0.3 is 11.1 Å². The number of rotatable bonds is 2. The second-order valence-corrected chi connectivity index (χ2v) is 5.75. The zero-order valence-electron chi connectivity index (χ0n) is 8.98. The summed E-state index contributed by atoms with van der Waals surface area (Å²) in [6.07, 6.45) is 0. The van der Waals surface area contributed by atoms with Gasteiger partial charge in [0.05, 0.1) is 21.5 Å². The molecule has 0 amide bonds. The molecule has 0 aromatic heterocycles. The van der Waals surface area contributed by atoms with Gasteiger partial charge in [0.25, 0.3) is 0 Å². The maximum Gasteiger partial charge on any atom is 0.139 e. The minimum absolute atomic E-state index is 0.334. The van der Waals surface area contributed by atoms with Crippen molar-refractivity contribution in [2.45, 2.75) is 0 Å². The van der Waals surface area contributed by atoms with Crippen molar-refractivity contribution in [3.05, 3.63) is 50.1 Å². The van der Waals surface area contributed by atoms with Gasteiger partial charge in [-0.25, -0.2) is 4.39 Å². The lowest BCUT2D eigenvalue weighted by atomic mass is 10.2. The molecule has 18 heavy (non-hydrogen) atoms. The minimum Gasteiger partial charge on any atom is -0.397 e. The largest absolute Gasteiger partial charge is 0.397 e. The molecule has 6 heteroatoms. The first-order valence-corrected chi connectivity index (χ1v) is 6.90. The zero-order valence-corrected chi connectivity index (χ0v) is 12.9. The van der Waals surface area contributed by atoms with Crippen molar-refractivity contribution in [3.63, 3.8) is 0 Å². The molecule has 0 bridgehead atoms. The van der Waals surface area contributed by atoms with E-state index in [0.29, 0.717) is 20.9 Å². The minimum atomic E-state index is -0.378. The molecule has 0 fully saturated rings. The van der Waals surface area contributed by atoms with Gasteiger partial charge >= 0.3 is 0 Å². The van der Waals surface area contributed by atoms with Crippen LogP contribution < -0.4 is 11.1 Å². The number of nitrogens with two attached hydrogens (primary N) is 1. The number of halogens is 4. The third-order valence-electron chi connectivity index (χ3n) is 2.29. The number of hydrogen-bond acceptors (Lipinski definition) is 2. The summed E-state index contributed by atoms with van der Waals surface area (Å²) in [4.78, 5) is 0. The molecule has 0 saturated heterocycles. The summed E-state index contributed by atoms with van der Waals surface area (Å²) in [5, 5.41) is 3.66. The molecule has 2 rings (SSSR count). The molecule has 0 heterocycles. The van der Waals surface area contributed by atoms with E-state index in [1.165, 1.54) is 12.1 Å². The van der Waals surface area contributed by atoms with Crippen LogP contribution in [0, 0.1) is 5.82 Å². The lowest BCUT2D eigenvalue weighted by Crippen LogP contribution is -1.98. The van der Waals surface area contributed by atoms with Crippen LogP contribution in [0.15, 0.2) is 39.3 Å². The summed E-state index contributed by atoms with van der Waals surface area (Å²) >= 11 is 12.3. The quantitative estimate of drug-likeness (QED) is 0.676. The smallest absolute Gasteiger partial charge is 0.139 e. The fourth-order valence-corrected chi connectivity index (χ4v) is 2.55. The first-order chi connectivity index (χ1) is 8.47. The molecular weight excluding hydrogens is 386 g/mol. The van der Waals surface area contributed by atoms with E-state index in [0.717, 1.165) is 10.2 Å². The summed E-state index contributed by atoms with van der Waals surface area (Å²) in [5.41, 5.74) is 7.52. The summed E-state index contributed by atoms with van der Waals surface area (Å²) in [6.45, 7) is 0. The predicted molar refractivity (Wildman–Crippen MR) is 80.9 cm³/mol. The Morgan fingerprint density at radius 1 is 1.06 bits per heavy atom. The molecule has 94 valence electrons. The normalized spacial score (nSPS) is 10.4. The van der Waals surface area contributed by atoms with Crippen LogP contribution in [-0.4, -0.2) is 0 Å². The van der Waals surface area contributed by atoms with E-state index in [4.69, 9.17) is 17.3 Å². The maximum atomic E-state index is 13.5. The SMILES string of the molecule is Nc1cc(Br)c(F)cc1Nc1ccc(Cl)cc1Br. The maximum absolute atomic E-state index is 13.5. The second-order valence-electron chi connectivity index (χ2n) is 3.60. The van der Waals surface area contributed by atoms with Gasteiger partial charge in [-0.15, -0.1) is 0 Å². The second kappa shape index (κ2) is 5.47. The van der Waals surface area contributed by atoms with Crippen LogP contribution in [0.5, 0.6) is 0 Å². The fourth-order valence-electron chi connectivity index (χ4n) is 1.41. The average molecular weight is 394 g/mol. The van der Waals surface area contributed by atoms with Gasteiger partial charge in [0.1, 0.15) is 5.82 Å². The molecule has 0 aliphatic carbocycles. The Hall–Kier alpha value is -0.780. The molecule has 2 aromatic rings. The van der Waals surface area contributed by atoms with Gasteiger partial charge in [0.15, 0.2) is 0 Å². The Balaban J connectivity index is 2.37. The van der Waals surface area contributed by atoms with E-state index < -0.39 is 0 Å². The van der Waals surface area contributed by atoms with Crippen molar-refractivity contribution in [1.82, 2.24) is 0 Å². The highest BCUT2D eigenvalue weighted by atomic mass is 79.9. The van der Waals surface area contributed by atoms with Crippen LogP contribution in [0.1, 0.15) is 0 Å². The lowest BCUT2D eigenvalue weighted by Gasteiger charge is -2.12. The Morgan fingerprint density at radius 2 is 1.78 bits per heavy atom. The summed E-state index contributed by atoms with van der Waals surface area (Å²) in [6, 6.07) is 8.11. The number of benzene rings is 2. The Bertz CT molecular complexity index is 605. The third-order valence-corrected chi connectivity index (χ3v) is 3.79. The molecule has 0 aliphatic rings. The van der Waals surface area contributed by atoms with E-state index in [-0.39, 0.29) is 5.82 Å². The molecule has 2 aromatic carbocycles. The van der Waals surface area contributed by atoms with Crippen LogP contribution >= 0.6 is 43.5 Å². The van der Waals surface area contributed by atoms with Crippen LogP contribution in [-0.2, 0) is 0 Å². The molecular formula is C12H8Br2ClFN2. The molecule has 0 unspecified atom stereocenters. The Kier molecular flexibility index (Phi) is 4.14. The first kappa shape index (κ1) is 13.6. The van der Waals surface area contributed by atoms with Crippen molar-refractivity contribution in [1.29, 1.82) is 0 Å². The van der Waals surface area contributed by atoms with E-state index >= 15 is 0 Å². The zero-order chi connectivity index (χ0) is 13.3. The topological polar surface area (TPSA) is 38.0 Å². The van der Waals surface area contributed by atoms with Gasteiger partial charge in [-0.2, -0.15) is 0 Å². The summed E-state index contributed by atoms with van der Waals surface area (Å²) < 4.78 is 14.6. The number of nitrogen functional groups attached to an aromatic ring is 1. The molecule has 3 N–H and O–H groups in total. The van der Waals surface area contributed by atoms with Gasteiger partial charge in [0, 0.05) is 15.6 Å². The average Bonchev–Trinajstić information content (AvgIpc) is 2.29. The molecule has 0 radical (unpaired) electrons. The van der Waals surface area contributed by atoms with Crippen molar-refractivity contribution >= 4 is 60.5 Å². The van der Waals surface area contributed by atoms with E-state index in [9.17, 15) is 4.39 Å². The fraction of sp³-hybridized carbons (Fsp3) is 0. The van der Waals surface area contributed by atoms with Gasteiger partial charge in [-0.05, 0) is 56.1 Å². The van der Waals surface area contributed by atoms with Gasteiger partial charge in [-0.3, -0.25) is 0 Å². The summed E-state index contributed by atoms with van der Waals surface area (Å²) in [7, 11) is 0. The molecule has 0 saturated carbocycles. The Labute approximate surface area is 126 Å². The van der Waals surface area contributed by atoms with E-state index in [2.05, 4.69) is 37.2 Å². The van der Waals surface area contributed by atoms with Gasteiger partial charge in [-0.1, -0.05) is 11.6 Å². The molecule has 0 aliphatic heterocycles. The van der Waals surface area contributed by atoms with Crippen LogP contribution in [0.4, 0.5) is 21.5 Å². The van der Waals surface area contributed by atoms with E-state index in [1.807, 2.05) is 0 Å². The van der Waals surface area contributed by atoms with Gasteiger partial charge in [0.2, 0.25) is 0 Å². The highest BCUT2D eigenvalue weighted by molar-refractivity contribution is 9.10. The van der Waals surface area contributed by atoms with Crippen molar-refractivity contribution < 1.29 is 4.39 Å². The highest BCUT2D eigenvalue weighted by Gasteiger charge is 2.08. The lowest BCUT2D eigenvalue weighted by molar-refractivity contribution is 0.622. The first-order valence-electron chi connectivity index (χ1n) is 4.94. The number of anilines is 3. The number of nitrogens with one attached hydrogen (secondary N) is 1.